The van der Waals surface area contributed by atoms with Crippen LogP contribution in [0.25, 0.3) is 0 Å². The second kappa shape index (κ2) is 5.87. The Kier molecular flexibility index (Phi) is 4.08. The van der Waals surface area contributed by atoms with Crippen LogP contribution < -0.4 is 5.32 Å². The van der Waals surface area contributed by atoms with E-state index in [0.29, 0.717) is 19.7 Å². The fraction of sp³-hybridized carbons (Fsp3) is 0.800. The lowest BCUT2D eigenvalue weighted by atomic mass is 9.95. The van der Waals surface area contributed by atoms with Gasteiger partial charge < -0.3 is 19.5 Å². The summed E-state index contributed by atoms with van der Waals surface area (Å²) < 4.78 is 7.55. The highest BCUT2D eigenvalue weighted by molar-refractivity contribution is 5.74. The van der Waals surface area contributed by atoms with Crippen LogP contribution in [0.5, 0.6) is 0 Å². The Morgan fingerprint density at radius 2 is 2.14 bits per heavy atom. The molecule has 0 radical (unpaired) electrons. The SMILES string of the molecule is CC(C)(C)c1nnc2n1CCN(C(=O)N[C@@H]1CCCOC1)C2. The molecule has 1 aromatic rings. The molecule has 1 atom stereocenters. The van der Waals surface area contributed by atoms with Crippen molar-refractivity contribution >= 4 is 6.03 Å². The number of hydrogen-bond donors (Lipinski definition) is 1. The molecule has 1 saturated heterocycles. The van der Waals surface area contributed by atoms with E-state index in [1.165, 1.54) is 0 Å². The first-order chi connectivity index (χ1) is 10.4. The summed E-state index contributed by atoms with van der Waals surface area (Å²) in [5.74, 6) is 1.86. The molecule has 22 heavy (non-hydrogen) atoms. The second-order valence-corrected chi connectivity index (χ2v) is 7.13. The number of nitrogens with one attached hydrogen (secondary N) is 1. The number of ether oxygens (including phenoxy) is 1. The topological polar surface area (TPSA) is 72.3 Å². The lowest BCUT2D eigenvalue weighted by Gasteiger charge is -2.32. The molecule has 7 nitrogen and oxygen atoms in total. The third-order valence-electron chi connectivity index (χ3n) is 4.20. The first-order valence-electron chi connectivity index (χ1n) is 8.01. The van der Waals surface area contributed by atoms with E-state index in [0.717, 1.165) is 37.6 Å². The third-order valence-corrected chi connectivity index (χ3v) is 4.20. The van der Waals surface area contributed by atoms with Crippen LogP contribution in [0.2, 0.25) is 0 Å². The molecule has 0 saturated carbocycles. The molecular formula is C15H25N5O2. The van der Waals surface area contributed by atoms with Gasteiger partial charge in [-0.05, 0) is 12.8 Å². The van der Waals surface area contributed by atoms with Crippen LogP contribution in [0.3, 0.4) is 0 Å². The predicted octanol–water partition coefficient (Wildman–Crippen LogP) is 1.28. The molecule has 2 aliphatic rings. The highest BCUT2D eigenvalue weighted by atomic mass is 16.5. The minimum atomic E-state index is -0.0326. The molecule has 0 aromatic carbocycles. The van der Waals surface area contributed by atoms with Gasteiger partial charge >= 0.3 is 6.03 Å². The molecule has 3 heterocycles. The fourth-order valence-electron chi connectivity index (χ4n) is 3.01. The van der Waals surface area contributed by atoms with Crippen molar-refractivity contribution < 1.29 is 9.53 Å². The van der Waals surface area contributed by atoms with Gasteiger partial charge in [0, 0.05) is 25.1 Å². The molecule has 1 fully saturated rings. The van der Waals surface area contributed by atoms with Crippen LogP contribution in [0.4, 0.5) is 4.79 Å². The van der Waals surface area contributed by atoms with Crippen LogP contribution in [0.1, 0.15) is 45.3 Å². The molecule has 0 aliphatic carbocycles. The first-order valence-corrected chi connectivity index (χ1v) is 8.01. The summed E-state index contributed by atoms with van der Waals surface area (Å²) in [6.45, 7) is 9.77. The Hall–Kier alpha value is -1.63. The van der Waals surface area contributed by atoms with Gasteiger partial charge in [-0.2, -0.15) is 0 Å². The van der Waals surface area contributed by atoms with Gasteiger partial charge in [-0.25, -0.2) is 4.79 Å². The third kappa shape index (κ3) is 3.09. The number of fused-ring (bicyclic) bond motifs is 1. The maximum atomic E-state index is 12.4. The van der Waals surface area contributed by atoms with Gasteiger partial charge in [0.05, 0.1) is 19.2 Å². The number of rotatable bonds is 1. The van der Waals surface area contributed by atoms with Crippen molar-refractivity contribution in [3.63, 3.8) is 0 Å². The Labute approximate surface area is 131 Å². The molecule has 0 unspecified atom stereocenters. The largest absolute Gasteiger partial charge is 0.379 e. The Morgan fingerprint density at radius 3 is 2.82 bits per heavy atom. The molecular weight excluding hydrogens is 282 g/mol. The van der Waals surface area contributed by atoms with E-state index in [9.17, 15) is 4.79 Å². The van der Waals surface area contributed by atoms with Gasteiger partial charge in [0.1, 0.15) is 5.82 Å². The number of carbonyl (C=O) groups is 1. The molecule has 3 rings (SSSR count). The summed E-state index contributed by atoms with van der Waals surface area (Å²) >= 11 is 0. The van der Waals surface area contributed by atoms with Crippen molar-refractivity contribution in [3.8, 4) is 0 Å². The fourth-order valence-corrected chi connectivity index (χ4v) is 3.01. The number of urea groups is 1. The van der Waals surface area contributed by atoms with E-state index < -0.39 is 0 Å². The molecule has 0 spiro atoms. The smallest absolute Gasteiger partial charge is 0.318 e. The van der Waals surface area contributed by atoms with Crippen LogP contribution in [-0.2, 0) is 23.2 Å². The van der Waals surface area contributed by atoms with Gasteiger partial charge in [-0.15, -0.1) is 10.2 Å². The van der Waals surface area contributed by atoms with Crippen LogP contribution in [0.15, 0.2) is 0 Å². The normalized spacial score (nSPS) is 22.3. The summed E-state index contributed by atoms with van der Waals surface area (Å²) in [7, 11) is 0. The van der Waals surface area contributed by atoms with Crippen molar-refractivity contribution in [2.45, 2.75) is 58.2 Å². The molecule has 0 bridgehead atoms. The monoisotopic (exact) mass is 307 g/mol. The van der Waals surface area contributed by atoms with E-state index in [-0.39, 0.29) is 17.5 Å². The Bertz CT molecular complexity index is 543. The van der Waals surface area contributed by atoms with E-state index in [2.05, 4.69) is 40.9 Å². The average Bonchev–Trinajstić information content (AvgIpc) is 2.91. The van der Waals surface area contributed by atoms with Crippen molar-refractivity contribution in [1.29, 1.82) is 0 Å². The maximum absolute atomic E-state index is 12.4. The quantitative estimate of drug-likeness (QED) is 0.848. The van der Waals surface area contributed by atoms with Gasteiger partial charge in [-0.3, -0.25) is 0 Å². The molecule has 7 heteroatoms. The first kappa shape index (κ1) is 15.3. The van der Waals surface area contributed by atoms with Crippen LogP contribution >= 0.6 is 0 Å². The average molecular weight is 307 g/mol. The van der Waals surface area contributed by atoms with E-state index in [4.69, 9.17) is 4.74 Å². The van der Waals surface area contributed by atoms with E-state index in [1.54, 1.807) is 0 Å². The van der Waals surface area contributed by atoms with E-state index >= 15 is 0 Å². The van der Waals surface area contributed by atoms with Gasteiger partial charge in [0.25, 0.3) is 0 Å². The number of carbonyl (C=O) groups excluding carboxylic acids is 1. The van der Waals surface area contributed by atoms with Gasteiger partial charge in [0.15, 0.2) is 5.82 Å². The molecule has 1 aromatic heterocycles. The lowest BCUT2D eigenvalue weighted by Crippen LogP contribution is -2.50. The summed E-state index contributed by atoms with van der Waals surface area (Å²) in [4.78, 5) is 14.2. The second-order valence-electron chi connectivity index (χ2n) is 7.13. The van der Waals surface area contributed by atoms with Crippen molar-refractivity contribution in [2.75, 3.05) is 19.8 Å². The van der Waals surface area contributed by atoms with Crippen molar-refractivity contribution in [3.05, 3.63) is 11.6 Å². The summed E-state index contributed by atoms with van der Waals surface area (Å²) in [6.07, 6.45) is 2.00. The highest BCUT2D eigenvalue weighted by Gasteiger charge is 2.29. The molecule has 122 valence electrons. The number of nitrogens with zero attached hydrogens (tertiary/aromatic N) is 4. The zero-order valence-corrected chi connectivity index (χ0v) is 13.6. The Morgan fingerprint density at radius 1 is 1.32 bits per heavy atom. The van der Waals surface area contributed by atoms with Crippen LogP contribution in [-0.4, -0.2) is 51.5 Å². The highest BCUT2D eigenvalue weighted by Crippen LogP contribution is 2.23. The van der Waals surface area contributed by atoms with E-state index in [1.807, 2.05) is 4.90 Å². The Balaban J connectivity index is 1.64. The minimum absolute atomic E-state index is 0.0259. The minimum Gasteiger partial charge on any atom is -0.379 e. The maximum Gasteiger partial charge on any atom is 0.318 e. The van der Waals surface area contributed by atoms with Crippen molar-refractivity contribution in [1.82, 2.24) is 25.0 Å². The standard InChI is InChI=1S/C15H25N5O2/c1-15(2,3)13-18-17-12-9-19(6-7-20(12)13)14(21)16-11-5-4-8-22-10-11/h11H,4-10H2,1-3H3,(H,16,21)/t11-/m1/s1. The summed E-state index contributed by atoms with van der Waals surface area (Å²) in [5, 5.41) is 11.6. The van der Waals surface area contributed by atoms with Crippen LogP contribution in [0, 0.1) is 0 Å². The predicted molar refractivity (Wildman–Crippen MR) is 81.5 cm³/mol. The zero-order valence-electron chi connectivity index (χ0n) is 13.6. The summed E-state index contributed by atoms with van der Waals surface area (Å²) in [5.41, 5.74) is -0.0326. The molecule has 1 N–H and O–H groups in total. The van der Waals surface area contributed by atoms with Gasteiger partial charge in [-0.1, -0.05) is 20.8 Å². The molecule has 2 amide bonds. The number of hydrogen-bond acceptors (Lipinski definition) is 4. The van der Waals surface area contributed by atoms with Gasteiger partial charge in [0.2, 0.25) is 0 Å². The molecule has 2 aliphatic heterocycles. The zero-order chi connectivity index (χ0) is 15.7. The summed E-state index contributed by atoms with van der Waals surface area (Å²) in [6, 6.07) is 0.105. The number of amides is 2. The lowest BCUT2D eigenvalue weighted by molar-refractivity contribution is 0.0698. The number of aromatic nitrogens is 3. The van der Waals surface area contributed by atoms with Crippen molar-refractivity contribution in [2.24, 2.45) is 0 Å².